The molecule has 0 bridgehead atoms. The van der Waals surface area contributed by atoms with Crippen molar-refractivity contribution in [2.24, 2.45) is 5.73 Å². The van der Waals surface area contributed by atoms with Crippen molar-refractivity contribution in [3.05, 3.63) is 59.4 Å². The number of imidazole rings is 1. The molecule has 3 aromatic rings. The normalized spacial score (nSPS) is 11.0. The number of nitrogens with two attached hydrogens (primary N) is 1. The van der Waals surface area contributed by atoms with E-state index in [9.17, 15) is 0 Å². The molecule has 3 rings (SSSR count). The number of benzene rings is 1. The number of nitrogens with zero attached hydrogens (tertiary/aromatic N) is 2. The summed E-state index contributed by atoms with van der Waals surface area (Å²) in [7, 11) is 0. The van der Waals surface area contributed by atoms with Gasteiger partial charge in [0.05, 0.1) is 16.7 Å². The van der Waals surface area contributed by atoms with Gasteiger partial charge in [0.1, 0.15) is 5.82 Å². The molecule has 4 heteroatoms. The maximum absolute atomic E-state index is 6.20. The lowest BCUT2D eigenvalue weighted by molar-refractivity contribution is 1.05. The first-order valence-electron chi connectivity index (χ1n) is 5.70. The Kier molecular flexibility index (Phi) is 2.78. The van der Waals surface area contributed by atoms with Gasteiger partial charge in [-0.3, -0.25) is 4.40 Å². The van der Waals surface area contributed by atoms with E-state index in [0.717, 1.165) is 22.5 Å². The van der Waals surface area contributed by atoms with Crippen molar-refractivity contribution in [1.29, 1.82) is 0 Å². The largest absolute Gasteiger partial charge is 0.326 e. The molecule has 0 spiro atoms. The minimum atomic E-state index is 0.531. The van der Waals surface area contributed by atoms with Crippen LogP contribution in [0.15, 0.2) is 48.8 Å². The van der Waals surface area contributed by atoms with Crippen molar-refractivity contribution in [1.82, 2.24) is 9.38 Å². The predicted octanol–water partition coefficient (Wildman–Crippen LogP) is 3.11. The Morgan fingerprint density at radius 2 is 2.06 bits per heavy atom. The van der Waals surface area contributed by atoms with Crippen molar-refractivity contribution in [3.63, 3.8) is 0 Å². The van der Waals surface area contributed by atoms with Gasteiger partial charge in [-0.15, -0.1) is 0 Å². The molecule has 0 aliphatic heterocycles. The molecule has 18 heavy (non-hydrogen) atoms. The van der Waals surface area contributed by atoms with Crippen LogP contribution < -0.4 is 5.73 Å². The number of fused-ring (bicyclic) bond motifs is 1. The summed E-state index contributed by atoms with van der Waals surface area (Å²) < 4.78 is 2.01. The molecule has 0 unspecified atom stereocenters. The van der Waals surface area contributed by atoms with Crippen LogP contribution in [0.5, 0.6) is 0 Å². The highest BCUT2D eigenvalue weighted by Gasteiger charge is 2.09. The Hall–Kier alpha value is -1.84. The third-order valence-electron chi connectivity index (χ3n) is 2.95. The van der Waals surface area contributed by atoms with E-state index < -0.39 is 0 Å². The van der Waals surface area contributed by atoms with Crippen LogP contribution in [0.25, 0.3) is 16.9 Å². The molecule has 0 saturated heterocycles. The second kappa shape index (κ2) is 4.44. The first-order chi connectivity index (χ1) is 8.79. The third kappa shape index (κ3) is 1.78. The molecular weight excluding hydrogens is 246 g/mol. The molecule has 2 aromatic heterocycles. The van der Waals surface area contributed by atoms with Crippen LogP contribution in [0.4, 0.5) is 0 Å². The number of pyridine rings is 1. The van der Waals surface area contributed by atoms with Crippen LogP contribution in [-0.2, 0) is 6.54 Å². The third-order valence-corrected chi connectivity index (χ3v) is 3.28. The summed E-state index contributed by atoms with van der Waals surface area (Å²) in [6.07, 6.45) is 3.81. The van der Waals surface area contributed by atoms with E-state index in [4.69, 9.17) is 17.3 Å². The maximum atomic E-state index is 6.20. The van der Waals surface area contributed by atoms with E-state index >= 15 is 0 Å². The van der Waals surface area contributed by atoms with Gasteiger partial charge in [0.2, 0.25) is 0 Å². The minimum absolute atomic E-state index is 0.531. The lowest BCUT2D eigenvalue weighted by Crippen LogP contribution is -1.97. The zero-order chi connectivity index (χ0) is 12.5. The van der Waals surface area contributed by atoms with Gasteiger partial charge in [-0.1, -0.05) is 23.7 Å². The van der Waals surface area contributed by atoms with Gasteiger partial charge in [0, 0.05) is 18.3 Å². The fourth-order valence-corrected chi connectivity index (χ4v) is 2.23. The Morgan fingerprint density at radius 1 is 1.22 bits per heavy atom. The lowest BCUT2D eigenvalue weighted by atomic mass is 10.2. The van der Waals surface area contributed by atoms with E-state index in [1.807, 2.05) is 53.2 Å². The topological polar surface area (TPSA) is 43.3 Å². The first kappa shape index (κ1) is 11.3. The number of aromatic nitrogens is 2. The Bertz CT molecular complexity index is 703. The fourth-order valence-electron chi connectivity index (χ4n) is 2.01. The Morgan fingerprint density at radius 3 is 2.83 bits per heavy atom. The van der Waals surface area contributed by atoms with Crippen molar-refractivity contribution in [2.45, 2.75) is 6.54 Å². The number of halogens is 1. The summed E-state index contributed by atoms with van der Waals surface area (Å²) >= 11 is 6.20. The van der Waals surface area contributed by atoms with E-state index in [-0.39, 0.29) is 0 Å². The highest BCUT2D eigenvalue weighted by Crippen LogP contribution is 2.27. The number of rotatable bonds is 2. The van der Waals surface area contributed by atoms with Crippen LogP contribution in [-0.4, -0.2) is 9.38 Å². The molecule has 0 amide bonds. The summed E-state index contributed by atoms with van der Waals surface area (Å²) in [6, 6.07) is 11.7. The molecule has 0 atom stereocenters. The van der Waals surface area contributed by atoms with E-state index in [1.54, 1.807) is 0 Å². The van der Waals surface area contributed by atoms with Gasteiger partial charge in [-0.05, 0) is 29.8 Å². The molecular formula is C14H12ClN3. The monoisotopic (exact) mass is 257 g/mol. The lowest BCUT2D eigenvalue weighted by Gasteiger charge is -2.04. The van der Waals surface area contributed by atoms with E-state index in [1.165, 1.54) is 0 Å². The Labute approximate surface area is 110 Å². The van der Waals surface area contributed by atoms with E-state index in [0.29, 0.717) is 11.6 Å². The Balaban J connectivity index is 2.22. The van der Waals surface area contributed by atoms with Crippen LogP contribution in [0.1, 0.15) is 5.56 Å². The molecule has 0 radical (unpaired) electrons. The quantitative estimate of drug-likeness (QED) is 0.767. The second-order valence-electron chi connectivity index (χ2n) is 4.10. The average molecular weight is 258 g/mol. The molecule has 0 aliphatic carbocycles. The van der Waals surface area contributed by atoms with Crippen LogP contribution in [0, 0.1) is 0 Å². The summed E-state index contributed by atoms with van der Waals surface area (Å²) in [5, 5.41) is 0.702. The van der Waals surface area contributed by atoms with E-state index in [2.05, 4.69) is 4.98 Å². The van der Waals surface area contributed by atoms with Crippen molar-refractivity contribution >= 4 is 17.1 Å². The zero-order valence-electron chi connectivity index (χ0n) is 9.68. The van der Waals surface area contributed by atoms with Crippen LogP contribution in [0.2, 0.25) is 5.02 Å². The average Bonchev–Trinajstić information content (AvgIpc) is 2.82. The van der Waals surface area contributed by atoms with Gasteiger partial charge in [-0.2, -0.15) is 0 Å². The summed E-state index contributed by atoms with van der Waals surface area (Å²) in [6.45, 7) is 0.531. The van der Waals surface area contributed by atoms with Gasteiger partial charge >= 0.3 is 0 Å². The molecule has 2 heterocycles. The SMILES string of the molecule is NCc1ccn2c(-c3ccccc3Cl)ncc2c1. The van der Waals surface area contributed by atoms with Crippen LogP contribution >= 0.6 is 11.6 Å². The van der Waals surface area contributed by atoms with Crippen molar-refractivity contribution < 1.29 is 0 Å². The highest BCUT2D eigenvalue weighted by molar-refractivity contribution is 6.33. The van der Waals surface area contributed by atoms with Gasteiger partial charge in [-0.25, -0.2) is 4.98 Å². The predicted molar refractivity (Wildman–Crippen MR) is 73.5 cm³/mol. The van der Waals surface area contributed by atoms with Gasteiger partial charge < -0.3 is 5.73 Å². The molecule has 2 N–H and O–H groups in total. The van der Waals surface area contributed by atoms with Gasteiger partial charge in [0.15, 0.2) is 0 Å². The van der Waals surface area contributed by atoms with Crippen molar-refractivity contribution in [3.8, 4) is 11.4 Å². The summed E-state index contributed by atoms with van der Waals surface area (Å²) in [5.41, 5.74) is 8.67. The number of hydrogen-bond acceptors (Lipinski definition) is 2. The molecule has 1 aromatic carbocycles. The van der Waals surface area contributed by atoms with Gasteiger partial charge in [0.25, 0.3) is 0 Å². The maximum Gasteiger partial charge on any atom is 0.145 e. The summed E-state index contributed by atoms with van der Waals surface area (Å²) in [5.74, 6) is 0.846. The smallest absolute Gasteiger partial charge is 0.145 e. The fraction of sp³-hybridized carbons (Fsp3) is 0.0714. The molecule has 0 aliphatic rings. The second-order valence-corrected chi connectivity index (χ2v) is 4.50. The molecule has 3 nitrogen and oxygen atoms in total. The first-order valence-corrected chi connectivity index (χ1v) is 6.08. The van der Waals surface area contributed by atoms with Crippen molar-refractivity contribution in [2.75, 3.05) is 0 Å². The molecule has 90 valence electrons. The number of hydrogen-bond donors (Lipinski definition) is 1. The zero-order valence-corrected chi connectivity index (χ0v) is 10.4. The standard InChI is InChI=1S/C14H12ClN3/c15-13-4-2-1-3-12(13)14-17-9-11-7-10(8-16)5-6-18(11)14/h1-7,9H,8,16H2. The minimum Gasteiger partial charge on any atom is -0.326 e. The highest BCUT2D eigenvalue weighted by atomic mass is 35.5. The van der Waals surface area contributed by atoms with Crippen LogP contribution in [0.3, 0.4) is 0 Å². The molecule has 0 saturated carbocycles. The molecule has 0 fully saturated rings. The summed E-state index contributed by atoms with van der Waals surface area (Å²) in [4.78, 5) is 4.44.